The van der Waals surface area contributed by atoms with E-state index in [9.17, 15) is 9.90 Å². The Kier molecular flexibility index (Phi) is 3.10. The van der Waals surface area contributed by atoms with Gasteiger partial charge < -0.3 is 10.4 Å². The fraction of sp³-hybridized carbons (Fsp3) is 0.500. The number of aromatic amines is 1. The van der Waals surface area contributed by atoms with E-state index in [0.717, 1.165) is 0 Å². The standard InChI is InChI=1S/C10H15N5O2/c1-6(2)7(16)5-11-8-3-4-9-12-13-10(17)15(9)14-8/h3-4,6-7,16H,5H2,1-2H3,(H,11,14)(H,13,17). The second-order valence-electron chi connectivity index (χ2n) is 4.21. The molecule has 0 bridgehead atoms. The van der Waals surface area contributed by atoms with Gasteiger partial charge in [0.05, 0.1) is 6.10 Å². The highest BCUT2D eigenvalue weighted by molar-refractivity contribution is 5.42. The molecule has 7 nitrogen and oxygen atoms in total. The zero-order valence-electron chi connectivity index (χ0n) is 9.71. The van der Waals surface area contributed by atoms with Crippen LogP contribution in [0, 0.1) is 5.92 Å². The summed E-state index contributed by atoms with van der Waals surface area (Å²) in [6, 6.07) is 3.39. The Morgan fingerprint density at radius 3 is 3.00 bits per heavy atom. The Hall–Kier alpha value is -1.89. The van der Waals surface area contributed by atoms with Gasteiger partial charge in [-0.2, -0.15) is 9.61 Å². The van der Waals surface area contributed by atoms with Crippen LogP contribution in [0.25, 0.3) is 5.65 Å². The SMILES string of the molecule is CC(C)C(O)CNc1ccc2n[nH]c(=O)n2n1. The Balaban J connectivity index is 2.14. The van der Waals surface area contributed by atoms with Crippen LogP contribution in [0.2, 0.25) is 0 Å². The molecule has 2 aromatic rings. The molecule has 1 atom stereocenters. The number of fused-ring (bicyclic) bond motifs is 1. The molecule has 17 heavy (non-hydrogen) atoms. The summed E-state index contributed by atoms with van der Waals surface area (Å²) in [7, 11) is 0. The average molecular weight is 237 g/mol. The van der Waals surface area contributed by atoms with E-state index >= 15 is 0 Å². The van der Waals surface area contributed by atoms with Gasteiger partial charge in [0.2, 0.25) is 0 Å². The normalized spacial score (nSPS) is 13.2. The number of aliphatic hydroxyl groups is 1. The van der Waals surface area contributed by atoms with Gasteiger partial charge in [0.15, 0.2) is 5.65 Å². The van der Waals surface area contributed by atoms with E-state index in [1.54, 1.807) is 12.1 Å². The van der Waals surface area contributed by atoms with Crippen LogP contribution in [0.1, 0.15) is 13.8 Å². The summed E-state index contributed by atoms with van der Waals surface area (Å²) in [6.45, 7) is 4.26. The molecule has 1 unspecified atom stereocenters. The number of rotatable bonds is 4. The van der Waals surface area contributed by atoms with Gasteiger partial charge in [-0.3, -0.25) is 0 Å². The third-order valence-electron chi connectivity index (χ3n) is 2.54. The number of hydrogen-bond donors (Lipinski definition) is 3. The summed E-state index contributed by atoms with van der Waals surface area (Å²) in [6.07, 6.45) is -0.450. The maximum absolute atomic E-state index is 11.3. The summed E-state index contributed by atoms with van der Waals surface area (Å²) in [5.41, 5.74) is 0.0815. The smallest absolute Gasteiger partial charge is 0.364 e. The van der Waals surface area contributed by atoms with Crippen molar-refractivity contribution in [2.75, 3.05) is 11.9 Å². The summed E-state index contributed by atoms with van der Waals surface area (Å²) < 4.78 is 1.17. The summed E-state index contributed by atoms with van der Waals surface area (Å²) in [5, 5.41) is 22.7. The van der Waals surface area contributed by atoms with Gasteiger partial charge in [-0.15, -0.1) is 5.10 Å². The largest absolute Gasteiger partial charge is 0.391 e. The minimum atomic E-state index is -0.450. The Labute approximate surface area is 97.5 Å². The van der Waals surface area contributed by atoms with Crippen molar-refractivity contribution in [1.29, 1.82) is 0 Å². The zero-order valence-corrected chi connectivity index (χ0v) is 9.71. The highest BCUT2D eigenvalue weighted by Crippen LogP contribution is 2.05. The van der Waals surface area contributed by atoms with E-state index in [0.29, 0.717) is 18.0 Å². The van der Waals surface area contributed by atoms with Crippen LogP contribution in [0.5, 0.6) is 0 Å². The molecule has 0 aromatic carbocycles. The van der Waals surface area contributed by atoms with Crippen molar-refractivity contribution in [3.8, 4) is 0 Å². The van der Waals surface area contributed by atoms with Crippen LogP contribution in [-0.4, -0.2) is 37.6 Å². The molecule has 0 fully saturated rings. The summed E-state index contributed by atoms with van der Waals surface area (Å²) >= 11 is 0. The first kappa shape index (κ1) is 11.6. The van der Waals surface area contributed by atoms with Gasteiger partial charge in [0, 0.05) is 6.54 Å². The molecule has 0 saturated carbocycles. The molecular weight excluding hydrogens is 222 g/mol. The van der Waals surface area contributed by atoms with Crippen molar-refractivity contribution in [2.24, 2.45) is 5.92 Å². The highest BCUT2D eigenvalue weighted by Gasteiger charge is 2.09. The van der Waals surface area contributed by atoms with Crippen LogP contribution >= 0.6 is 0 Å². The summed E-state index contributed by atoms with van der Waals surface area (Å²) in [4.78, 5) is 11.3. The van der Waals surface area contributed by atoms with Gasteiger partial charge in [-0.1, -0.05) is 13.8 Å². The molecule has 0 amide bonds. The Bertz CT molecular complexity index is 559. The topological polar surface area (TPSA) is 95.3 Å². The van der Waals surface area contributed by atoms with Crippen molar-refractivity contribution in [1.82, 2.24) is 19.8 Å². The molecule has 0 aliphatic heterocycles. The first-order valence-electron chi connectivity index (χ1n) is 5.44. The fourth-order valence-corrected chi connectivity index (χ4v) is 1.34. The van der Waals surface area contributed by atoms with E-state index in [4.69, 9.17) is 0 Å². The maximum Gasteiger partial charge on any atom is 0.364 e. The molecule has 92 valence electrons. The molecule has 7 heteroatoms. The molecule has 2 rings (SSSR count). The predicted octanol–water partition coefficient (Wildman–Crippen LogP) is -0.154. The molecule has 2 heterocycles. The number of aliphatic hydroxyl groups excluding tert-OH is 1. The Morgan fingerprint density at radius 2 is 2.29 bits per heavy atom. The van der Waals surface area contributed by atoms with Crippen LogP contribution < -0.4 is 11.0 Å². The van der Waals surface area contributed by atoms with Gasteiger partial charge >= 0.3 is 5.69 Å². The highest BCUT2D eigenvalue weighted by atomic mass is 16.3. The van der Waals surface area contributed by atoms with Crippen molar-refractivity contribution in [3.63, 3.8) is 0 Å². The lowest BCUT2D eigenvalue weighted by atomic mass is 10.1. The lowest BCUT2D eigenvalue weighted by Gasteiger charge is -2.15. The minimum Gasteiger partial charge on any atom is -0.391 e. The lowest BCUT2D eigenvalue weighted by Crippen LogP contribution is -2.25. The number of H-pyrrole nitrogens is 1. The molecule has 0 saturated heterocycles. The molecule has 2 aromatic heterocycles. The van der Waals surface area contributed by atoms with E-state index in [1.165, 1.54) is 4.52 Å². The molecule has 0 aliphatic rings. The van der Waals surface area contributed by atoms with E-state index in [-0.39, 0.29) is 11.6 Å². The molecule has 3 N–H and O–H groups in total. The number of nitrogens with one attached hydrogen (secondary N) is 2. The second-order valence-corrected chi connectivity index (χ2v) is 4.21. The monoisotopic (exact) mass is 237 g/mol. The zero-order chi connectivity index (χ0) is 12.4. The number of nitrogens with zero attached hydrogens (tertiary/aromatic N) is 3. The van der Waals surface area contributed by atoms with E-state index in [2.05, 4.69) is 20.6 Å². The average Bonchev–Trinajstić information content (AvgIpc) is 2.68. The van der Waals surface area contributed by atoms with Crippen LogP contribution in [0.15, 0.2) is 16.9 Å². The van der Waals surface area contributed by atoms with Crippen molar-refractivity contribution in [3.05, 3.63) is 22.6 Å². The molecular formula is C10H15N5O2. The molecule has 0 aliphatic carbocycles. The van der Waals surface area contributed by atoms with Crippen molar-refractivity contribution < 1.29 is 5.11 Å². The van der Waals surface area contributed by atoms with Crippen LogP contribution in [-0.2, 0) is 0 Å². The number of anilines is 1. The predicted molar refractivity (Wildman–Crippen MR) is 62.9 cm³/mol. The van der Waals surface area contributed by atoms with Crippen molar-refractivity contribution in [2.45, 2.75) is 20.0 Å². The third kappa shape index (κ3) is 2.44. The van der Waals surface area contributed by atoms with Crippen LogP contribution in [0.4, 0.5) is 5.82 Å². The molecule has 0 radical (unpaired) electrons. The fourth-order valence-electron chi connectivity index (χ4n) is 1.34. The first-order valence-corrected chi connectivity index (χ1v) is 5.44. The third-order valence-corrected chi connectivity index (χ3v) is 2.54. The number of aromatic nitrogens is 4. The maximum atomic E-state index is 11.3. The minimum absolute atomic E-state index is 0.169. The number of hydrogen-bond acceptors (Lipinski definition) is 5. The van der Waals surface area contributed by atoms with E-state index < -0.39 is 6.10 Å². The van der Waals surface area contributed by atoms with Gasteiger partial charge in [-0.25, -0.2) is 9.89 Å². The molecule has 0 spiro atoms. The summed E-state index contributed by atoms with van der Waals surface area (Å²) in [5.74, 6) is 0.698. The second kappa shape index (κ2) is 4.54. The van der Waals surface area contributed by atoms with E-state index in [1.807, 2.05) is 13.8 Å². The van der Waals surface area contributed by atoms with Gasteiger partial charge in [-0.05, 0) is 18.1 Å². The van der Waals surface area contributed by atoms with Crippen molar-refractivity contribution >= 4 is 11.5 Å². The quantitative estimate of drug-likeness (QED) is 0.687. The van der Waals surface area contributed by atoms with Gasteiger partial charge in [0.25, 0.3) is 0 Å². The van der Waals surface area contributed by atoms with Gasteiger partial charge in [0.1, 0.15) is 5.82 Å². The lowest BCUT2D eigenvalue weighted by molar-refractivity contribution is 0.138. The first-order chi connectivity index (χ1) is 8.08. The Morgan fingerprint density at radius 1 is 1.53 bits per heavy atom. The van der Waals surface area contributed by atoms with Crippen LogP contribution in [0.3, 0.4) is 0 Å².